The number of hydrogen-bond donors (Lipinski definition) is 0. The second kappa shape index (κ2) is 37.6. The van der Waals surface area contributed by atoms with Gasteiger partial charge in [0.1, 0.15) is 25.4 Å². The van der Waals surface area contributed by atoms with Crippen molar-refractivity contribution in [3.8, 4) is 0 Å². The third-order valence-electron chi connectivity index (χ3n) is 10.8. The van der Waals surface area contributed by atoms with E-state index in [0.29, 0.717) is 92.1 Å². The van der Waals surface area contributed by atoms with E-state index in [4.69, 9.17) is 47.4 Å². The Kier molecular flexibility index (Phi) is 34.2. The normalized spacial score (nSPS) is 20.0. The average molecular weight is 817 g/mol. The largest absolute Gasteiger partial charge is 0.462 e. The number of carbonyl (C=O) groups is 2. The van der Waals surface area contributed by atoms with Crippen molar-refractivity contribution in [2.24, 2.45) is 5.41 Å². The molecule has 2 atom stereocenters. The molecule has 12 nitrogen and oxygen atoms in total. The molecule has 2 fully saturated rings. The molecule has 0 saturated carbocycles. The van der Waals surface area contributed by atoms with Gasteiger partial charge in [-0.25, -0.2) is 0 Å². The average Bonchev–Trinajstić information content (AvgIpc) is 3.20. The van der Waals surface area contributed by atoms with Crippen molar-refractivity contribution >= 4 is 11.9 Å². The molecule has 0 amide bonds. The van der Waals surface area contributed by atoms with Gasteiger partial charge in [-0.05, 0) is 12.8 Å². The van der Waals surface area contributed by atoms with Crippen LogP contribution in [0, 0.1) is 5.41 Å². The van der Waals surface area contributed by atoms with Crippen LogP contribution in [0.3, 0.4) is 0 Å². The van der Waals surface area contributed by atoms with Gasteiger partial charge in [0, 0.05) is 0 Å². The third kappa shape index (κ3) is 27.2. The second-order valence-electron chi connectivity index (χ2n) is 15.7. The fourth-order valence-electron chi connectivity index (χ4n) is 7.20. The topological polar surface area (TPSA) is 126 Å². The number of rotatable bonds is 28. The summed E-state index contributed by atoms with van der Waals surface area (Å²) in [5.41, 5.74) is -1.44. The molecule has 0 spiro atoms. The SMILES string of the molecule is CCCCCCCCCCCCC(CCCCCCCCCCCC)(C(=O)OC[C@H]1COCCOCCOCCO1)C(=O)OC[C@H]1COCCOCCOCCO1. The zero-order chi connectivity index (χ0) is 40.8. The fraction of sp³-hybridized carbons (Fsp3) is 0.956. The Morgan fingerprint density at radius 3 is 1.02 bits per heavy atom. The van der Waals surface area contributed by atoms with E-state index in [0.717, 1.165) is 51.4 Å². The van der Waals surface area contributed by atoms with E-state index in [1.165, 1.54) is 77.0 Å². The fourth-order valence-corrected chi connectivity index (χ4v) is 7.20. The van der Waals surface area contributed by atoms with Crippen LogP contribution >= 0.6 is 0 Å². The Labute approximate surface area is 346 Å². The Balaban J connectivity index is 2.16. The molecule has 12 heteroatoms. The van der Waals surface area contributed by atoms with Crippen molar-refractivity contribution in [1.82, 2.24) is 0 Å². The lowest BCUT2D eigenvalue weighted by Crippen LogP contribution is -2.44. The van der Waals surface area contributed by atoms with Gasteiger partial charge in [0.2, 0.25) is 0 Å². The van der Waals surface area contributed by atoms with Crippen LogP contribution in [0.1, 0.15) is 155 Å². The molecule has 2 aliphatic heterocycles. The second-order valence-corrected chi connectivity index (χ2v) is 15.7. The third-order valence-corrected chi connectivity index (χ3v) is 10.8. The molecule has 336 valence electrons. The van der Waals surface area contributed by atoms with Crippen LogP contribution in [0.15, 0.2) is 0 Å². The van der Waals surface area contributed by atoms with Crippen LogP contribution < -0.4 is 0 Å². The Morgan fingerprint density at radius 1 is 0.404 bits per heavy atom. The number of ether oxygens (including phenoxy) is 10. The van der Waals surface area contributed by atoms with Crippen molar-refractivity contribution < 1.29 is 57.0 Å². The zero-order valence-electron chi connectivity index (χ0n) is 36.4. The Hall–Kier alpha value is -1.38. The highest BCUT2D eigenvalue weighted by molar-refractivity contribution is 6.00. The van der Waals surface area contributed by atoms with Crippen molar-refractivity contribution in [3.63, 3.8) is 0 Å². The predicted molar refractivity (Wildman–Crippen MR) is 222 cm³/mol. The lowest BCUT2D eigenvalue weighted by molar-refractivity contribution is -0.181. The molecule has 0 N–H and O–H groups in total. The molecule has 0 aromatic heterocycles. The maximum Gasteiger partial charge on any atom is 0.323 e. The van der Waals surface area contributed by atoms with Crippen molar-refractivity contribution in [2.45, 2.75) is 167 Å². The van der Waals surface area contributed by atoms with Gasteiger partial charge < -0.3 is 47.4 Å². The minimum atomic E-state index is -1.44. The first-order valence-electron chi connectivity index (χ1n) is 23.2. The quantitative estimate of drug-likeness (QED) is 0.0427. The van der Waals surface area contributed by atoms with Gasteiger partial charge in [-0.2, -0.15) is 0 Å². The van der Waals surface area contributed by atoms with Crippen LogP contribution in [0.2, 0.25) is 0 Å². The number of hydrogen-bond acceptors (Lipinski definition) is 12. The van der Waals surface area contributed by atoms with E-state index in [9.17, 15) is 9.59 Å². The summed E-state index contributed by atoms with van der Waals surface area (Å²) in [6, 6.07) is 0. The molecule has 0 aliphatic carbocycles. The van der Waals surface area contributed by atoms with Gasteiger partial charge in [0.15, 0.2) is 5.41 Å². The molecule has 0 bridgehead atoms. The maximum atomic E-state index is 14.5. The zero-order valence-corrected chi connectivity index (χ0v) is 36.4. The van der Waals surface area contributed by atoms with E-state index in [1.807, 2.05) is 0 Å². The summed E-state index contributed by atoms with van der Waals surface area (Å²) in [6.07, 6.45) is 22.8. The van der Waals surface area contributed by atoms with Crippen molar-refractivity contribution in [1.29, 1.82) is 0 Å². The van der Waals surface area contributed by atoms with Crippen LogP contribution in [-0.2, 0) is 57.0 Å². The molecular weight excluding hydrogens is 732 g/mol. The summed E-state index contributed by atoms with van der Waals surface area (Å²) >= 11 is 0. The summed E-state index contributed by atoms with van der Waals surface area (Å²) in [7, 11) is 0. The smallest absolute Gasteiger partial charge is 0.323 e. The van der Waals surface area contributed by atoms with Gasteiger partial charge >= 0.3 is 11.9 Å². The molecule has 0 aromatic carbocycles. The van der Waals surface area contributed by atoms with Gasteiger partial charge in [0.25, 0.3) is 0 Å². The summed E-state index contributed by atoms with van der Waals surface area (Å²) in [4.78, 5) is 28.9. The number of unbranched alkanes of at least 4 members (excludes halogenated alkanes) is 18. The molecule has 2 saturated heterocycles. The highest BCUT2D eigenvalue weighted by Crippen LogP contribution is 2.36. The van der Waals surface area contributed by atoms with Crippen LogP contribution in [-0.4, -0.2) is 130 Å². The van der Waals surface area contributed by atoms with Crippen LogP contribution in [0.5, 0.6) is 0 Å². The van der Waals surface area contributed by atoms with E-state index in [-0.39, 0.29) is 26.4 Å². The number of esters is 2. The van der Waals surface area contributed by atoms with Gasteiger partial charge in [-0.15, -0.1) is 0 Å². The summed E-state index contributed by atoms with van der Waals surface area (Å²) in [6.45, 7) is 9.98. The van der Waals surface area contributed by atoms with Crippen molar-refractivity contribution in [2.75, 3.05) is 106 Å². The maximum absolute atomic E-state index is 14.5. The molecular formula is C45H84O12. The molecule has 0 unspecified atom stereocenters. The number of carbonyl (C=O) groups excluding carboxylic acids is 2. The molecule has 0 aromatic rings. The monoisotopic (exact) mass is 817 g/mol. The lowest BCUT2D eigenvalue weighted by Gasteiger charge is -2.31. The lowest BCUT2D eigenvalue weighted by atomic mass is 9.77. The molecule has 57 heavy (non-hydrogen) atoms. The summed E-state index contributed by atoms with van der Waals surface area (Å²) in [5, 5.41) is 0. The van der Waals surface area contributed by atoms with E-state index < -0.39 is 29.6 Å². The first-order chi connectivity index (χ1) is 28.1. The van der Waals surface area contributed by atoms with E-state index >= 15 is 0 Å². The summed E-state index contributed by atoms with van der Waals surface area (Å²) in [5.74, 6) is -1.09. The van der Waals surface area contributed by atoms with Gasteiger partial charge in [-0.1, -0.05) is 142 Å². The van der Waals surface area contributed by atoms with E-state index in [1.54, 1.807) is 0 Å². The summed E-state index contributed by atoms with van der Waals surface area (Å²) < 4.78 is 58.0. The minimum absolute atomic E-state index is 0.0353. The predicted octanol–water partition coefficient (Wildman–Crippen LogP) is 8.58. The highest BCUT2D eigenvalue weighted by Gasteiger charge is 2.48. The first kappa shape index (κ1) is 51.8. The van der Waals surface area contributed by atoms with Crippen molar-refractivity contribution in [3.05, 3.63) is 0 Å². The van der Waals surface area contributed by atoms with Crippen LogP contribution in [0.25, 0.3) is 0 Å². The first-order valence-corrected chi connectivity index (χ1v) is 23.2. The Bertz CT molecular complexity index is 825. The molecule has 2 rings (SSSR count). The van der Waals surface area contributed by atoms with Crippen LogP contribution in [0.4, 0.5) is 0 Å². The molecule has 2 aliphatic rings. The van der Waals surface area contributed by atoms with Gasteiger partial charge in [-0.3, -0.25) is 9.59 Å². The standard InChI is InChI=1S/C45H84O12/c1-3-5-7-9-11-13-15-17-19-21-23-45(24-22-20-18-16-14-12-10-8-6-4-2,43(46)56-39-41-37-52-31-29-48-25-27-50-33-35-54-41)44(47)57-40-42-38-53-32-30-49-26-28-51-34-36-55-42/h41-42H,3-40H2,1-2H3/t41-,42-/m1/s1. The molecule has 0 radical (unpaired) electrons. The molecule has 2 heterocycles. The van der Waals surface area contributed by atoms with E-state index in [2.05, 4.69) is 13.8 Å². The highest BCUT2D eigenvalue weighted by atomic mass is 16.6. The minimum Gasteiger partial charge on any atom is -0.462 e. The Morgan fingerprint density at radius 2 is 0.684 bits per heavy atom. The van der Waals surface area contributed by atoms with Gasteiger partial charge in [0.05, 0.1) is 92.5 Å².